The highest BCUT2D eigenvalue weighted by Gasteiger charge is 2.10. The molecule has 0 spiro atoms. The normalized spacial score (nSPS) is 13.1. The molecule has 1 aromatic carbocycles. The van der Waals surface area contributed by atoms with Crippen LogP contribution in [-0.4, -0.2) is 21.7 Å². The van der Waals surface area contributed by atoms with E-state index >= 15 is 0 Å². The lowest BCUT2D eigenvalue weighted by atomic mass is 10.1. The van der Waals surface area contributed by atoms with Crippen molar-refractivity contribution < 1.29 is 0 Å². The van der Waals surface area contributed by atoms with Crippen LogP contribution in [0.2, 0.25) is 0 Å². The molecule has 1 heterocycles. The molecule has 0 aliphatic rings. The fraction of sp³-hybridized carbons (Fsp3) is 0.500. The lowest BCUT2D eigenvalue weighted by Gasteiger charge is -2.14. The van der Waals surface area contributed by atoms with Gasteiger partial charge in [0.2, 0.25) is 0 Å². The quantitative estimate of drug-likeness (QED) is 0.814. The zero-order valence-corrected chi connectivity index (χ0v) is 11.7. The SMILES string of the molecule is CCC(CCCl)NCc1nn(C)c2ccccc12. The third-order valence-electron chi connectivity index (χ3n) is 3.34. The Hall–Kier alpha value is -1.06. The number of nitrogens with one attached hydrogen (secondary N) is 1. The maximum absolute atomic E-state index is 5.80. The van der Waals surface area contributed by atoms with Crippen molar-refractivity contribution in [1.82, 2.24) is 15.1 Å². The summed E-state index contributed by atoms with van der Waals surface area (Å²) in [5.74, 6) is 0.703. The van der Waals surface area contributed by atoms with E-state index in [0.717, 1.165) is 25.1 Å². The van der Waals surface area contributed by atoms with Gasteiger partial charge in [0.1, 0.15) is 0 Å². The molecule has 0 aliphatic heterocycles. The second-order valence-corrected chi connectivity index (χ2v) is 4.93. The number of hydrogen-bond donors (Lipinski definition) is 1. The molecule has 2 rings (SSSR count). The minimum Gasteiger partial charge on any atom is -0.308 e. The van der Waals surface area contributed by atoms with Gasteiger partial charge >= 0.3 is 0 Å². The number of para-hydroxylation sites is 1. The van der Waals surface area contributed by atoms with Gasteiger partial charge in [0.05, 0.1) is 11.2 Å². The van der Waals surface area contributed by atoms with Crippen LogP contribution in [0.3, 0.4) is 0 Å². The van der Waals surface area contributed by atoms with E-state index < -0.39 is 0 Å². The maximum atomic E-state index is 5.80. The van der Waals surface area contributed by atoms with Crippen LogP contribution in [0.1, 0.15) is 25.5 Å². The fourth-order valence-electron chi connectivity index (χ4n) is 2.24. The predicted molar refractivity (Wildman–Crippen MR) is 77.0 cm³/mol. The van der Waals surface area contributed by atoms with Crippen molar-refractivity contribution in [3.05, 3.63) is 30.0 Å². The Labute approximate surface area is 113 Å². The summed E-state index contributed by atoms with van der Waals surface area (Å²) < 4.78 is 1.94. The Morgan fingerprint density at radius 2 is 2.17 bits per heavy atom. The van der Waals surface area contributed by atoms with Crippen molar-refractivity contribution in [2.75, 3.05) is 5.88 Å². The predicted octanol–water partition coefficient (Wildman–Crippen LogP) is 3.07. The summed E-state index contributed by atoms with van der Waals surface area (Å²) in [4.78, 5) is 0. The Kier molecular flexibility index (Phi) is 4.61. The molecule has 2 aromatic rings. The summed E-state index contributed by atoms with van der Waals surface area (Å²) in [6, 6.07) is 8.81. The van der Waals surface area contributed by atoms with Gasteiger partial charge in [-0.1, -0.05) is 25.1 Å². The highest BCUT2D eigenvalue weighted by Crippen LogP contribution is 2.17. The lowest BCUT2D eigenvalue weighted by Crippen LogP contribution is -2.28. The van der Waals surface area contributed by atoms with Gasteiger partial charge in [-0.2, -0.15) is 5.10 Å². The zero-order chi connectivity index (χ0) is 13.0. The van der Waals surface area contributed by atoms with Crippen molar-refractivity contribution in [3.63, 3.8) is 0 Å². The fourth-order valence-corrected chi connectivity index (χ4v) is 2.51. The summed E-state index contributed by atoms with van der Waals surface area (Å²) in [5, 5.41) is 9.34. The van der Waals surface area contributed by atoms with Gasteiger partial charge in [-0.3, -0.25) is 4.68 Å². The van der Waals surface area contributed by atoms with Gasteiger partial charge in [0.25, 0.3) is 0 Å². The van der Waals surface area contributed by atoms with Crippen LogP contribution in [0.25, 0.3) is 10.9 Å². The van der Waals surface area contributed by atoms with Crippen molar-refractivity contribution in [3.8, 4) is 0 Å². The first kappa shape index (κ1) is 13.4. The van der Waals surface area contributed by atoms with Crippen LogP contribution in [0.4, 0.5) is 0 Å². The molecule has 0 saturated carbocycles. The highest BCUT2D eigenvalue weighted by molar-refractivity contribution is 6.17. The molecular weight excluding hydrogens is 246 g/mol. The molecular formula is C14H20ClN3. The number of benzene rings is 1. The number of hydrogen-bond acceptors (Lipinski definition) is 2. The van der Waals surface area contributed by atoms with E-state index in [9.17, 15) is 0 Å². The van der Waals surface area contributed by atoms with Crippen LogP contribution < -0.4 is 5.32 Å². The molecule has 0 radical (unpaired) electrons. The minimum atomic E-state index is 0.475. The van der Waals surface area contributed by atoms with E-state index in [1.165, 1.54) is 10.9 Å². The van der Waals surface area contributed by atoms with E-state index in [1.54, 1.807) is 0 Å². The van der Waals surface area contributed by atoms with Crippen molar-refractivity contribution in [1.29, 1.82) is 0 Å². The molecule has 0 aliphatic carbocycles. The van der Waals surface area contributed by atoms with Crippen LogP contribution in [0, 0.1) is 0 Å². The number of aromatic nitrogens is 2. The minimum absolute atomic E-state index is 0.475. The van der Waals surface area contributed by atoms with Crippen LogP contribution in [0.5, 0.6) is 0 Å². The van der Waals surface area contributed by atoms with Crippen LogP contribution in [-0.2, 0) is 13.6 Å². The number of aryl methyl sites for hydroxylation is 1. The smallest absolute Gasteiger partial charge is 0.0841 e. The van der Waals surface area contributed by atoms with E-state index in [2.05, 4.69) is 35.5 Å². The van der Waals surface area contributed by atoms with Crippen LogP contribution in [0.15, 0.2) is 24.3 Å². The molecule has 0 saturated heterocycles. The standard InChI is InChI=1S/C14H20ClN3/c1-3-11(8-9-15)16-10-13-12-6-4-5-7-14(12)18(2)17-13/h4-7,11,16H,3,8-10H2,1-2H3. The largest absolute Gasteiger partial charge is 0.308 e. The van der Waals surface area contributed by atoms with Gasteiger partial charge < -0.3 is 5.32 Å². The van der Waals surface area contributed by atoms with E-state index in [-0.39, 0.29) is 0 Å². The molecule has 1 N–H and O–H groups in total. The zero-order valence-electron chi connectivity index (χ0n) is 11.0. The summed E-state index contributed by atoms with van der Waals surface area (Å²) in [6.07, 6.45) is 2.10. The molecule has 98 valence electrons. The first-order valence-electron chi connectivity index (χ1n) is 6.46. The first-order valence-corrected chi connectivity index (χ1v) is 6.99. The van der Waals surface area contributed by atoms with Gasteiger partial charge in [-0.25, -0.2) is 0 Å². The highest BCUT2D eigenvalue weighted by atomic mass is 35.5. The molecule has 4 heteroatoms. The number of fused-ring (bicyclic) bond motifs is 1. The van der Waals surface area contributed by atoms with E-state index in [4.69, 9.17) is 11.6 Å². The number of alkyl halides is 1. The van der Waals surface area contributed by atoms with Crippen molar-refractivity contribution in [2.24, 2.45) is 7.05 Å². The average Bonchev–Trinajstić information content (AvgIpc) is 2.72. The second-order valence-electron chi connectivity index (χ2n) is 4.55. The molecule has 1 unspecified atom stereocenters. The third kappa shape index (κ3) is 2.85. The van der Waals surface area contributed by atoms with Crippen LogP contribution >= 0.6 is 11.6 Å². The molecule has 3 nitrogen and oxygen atoms in total. The summed E-state index contributed by atoms with van der Waals surface area (Å²) in [5.41, 5.74) is 2.29. The first-order chi connectivity index (χ1) is 8.76. The Balaban J connectivity index is 2.12. The number of rotatable bonds is 6. The number of nitrogens with zero attached hydrogens (tertiary/aromatic N) is 2. The Morgan fingerprint density at radius 3 is 2.89 bits per heavy atom. The molecule has 1 aromatic heterocycles. The van der Waals surface area contributed by atoms with Gasteiger partial charge in [-0.15, -0.1) is 11.6 Å². The molecule has 1 atom stereocenters. The van der Waals surface area contributed by atoms with E-state index in [0.29, 0.717) is 11.9 Å². The summed E-state index contributed by atoms with van der Waals surface area (Å²) in [6.45, 7) is 2.98. The molecule has 0 bridgehead atoms. The topological polar surface area (TPSA) is 29.9 Å². The second kappa shape index (κ2) is 6.21. The van der Waals surface area contributed by atoms with Crippen molar-refractivity contribution >= 4 is 22.5 Å². The Bertz CT molecular complexity index is 507. The lowest BCUT2D eigenvalue weighted by molar-refractivity contribution is 0.481. The molecule has 18 heavy (non-hydrogen) atoms. The van der Waals surface area contributed by atoms with Gasteiger partial charge in [-0.05, 0) is 18.9 Å². The molecule has 0 fully saturated rings. The summed E-state index contributed by atoms with van der Waals surface area (Å²) in [7, 11) is 1.99. The van der Waals surface area contributed by atoms with Gasteiger partial charge in [0, 0.05) is 30.9 Å². The molecule has 0 amide bonds. The monoisotopic (exact) mass is 265 g/mol. The van der Waals surface area contributed by atoms with E-state index in [1.807, 2.05) is 17.8 Å². The maximum Gasteiger partial charge on any atom is 0.0841 e. The summed E-state index contributed by atoms with van der Waals surface area (Å²) >= 11 is 5.80. The van der Waals surface area contributed by atoms with Gasteiger partial charge in [0.15, 0.2) is 0 Å². The average molecular weight is 266 g/mol. The Morgan fingerprint density at radius 1 is 1.39 bits per heavy atom. The number of halogens is 1. The van der Waals surface area contributed by atoms with Crippen molar-refractivity contribution in [2.45, 2.75) is 32.4 Å². The third-order valence-corrected chi connectivity index (χ3v) is 3.56.